The monoisotopic (exact) mass is 363 g/mol. The van der Waals surface area contributed by atoms with Gasteiger partial charge in [-0.15, -0.1) is 12.4 Å². The number of halogens is 1. The van der Waals surface area contributed by atoms with E-state index < -0.39 is 6.04 Å². The Labute approximate surface area is 152 Å². The van der Waals surface area contributed by atoms with E-state index in [9.17, 15) is 9.59 Å². The van der Waals surface area contributed by atoms with Gasteiger partial charge in [-0.3, -0.25) is 14.3 Å². The number of aryl methyl sites for hydroxylation is 1. The molecule has 2 aromatic rings. The summed E-state index contributed by atoms with van der Waals surface area (Å²) in [6.07, 6.45) is 5.21. The van der Waals surface area contributed by atoms with Gasteiger partial charge >= 0.3 is 0 Å². The highest BCUT2D eigenvalue weighted by atomic mass is 35.5. The van der Waals surface area contributed by atoms with Gasteiger partial charge in [0, 0.05) is 12.2 Å². The van der Waals surface area contributed by atoms with Gasteiger partial charge in [0.05, 0.1) is 11.9 Å². The van der Waals surface area contributed by atoms with Gasteiger partial charge in [0.25, 0.3) is 0 Å². The third-order valence-electron chi connectivity index (χ3n) is 3.87. The van der Waals surface area contributed by atoms with Gasteiger partial charge in [-0.1, -0.05) is 29.8 Å². The number of nitrogens with zero attached hydrogens (tertiary/aromatic N) is 2. The normalized spacial score (nSPS) is 14.3. The van der Waals surface area contributed by atoms with Crippen molar-refractivity contribution in [2.24, 2.45) is 5.73 Å². The zero-order valence-electron chi connectivity index (χ0n) is 13.9. The maximum Gasteiger partial charge on any atom is 0.245 e. The number of rotatable bonds is 6. The molecule has 25 heavy (non-hydrogen) atoms. The van der Waals surface area contributed by atoms with Crippen LogP contribution in [-0.2, 0) is 16.1 Å². The summed E-state index contributed by atoms with van der Waals surface area (Å²) >= 11 is 0. The number of aromatic nitrogens is 2. The Hall–Kier alpha value is -2.38. The Morgan fingerprint density at radius 1 is 1.32 bits per heavy atom. The fourth-order valence-electron chi connectivity index (χ4n) is 2.31. The van der Waals surface area contributed by atoms with Crippen molar-refractivity contribution < 1.29 is 9.59 Å². The highest BCUT2D eigenvalue weighted by Crippen LogP contribution is 2.18. The first kappa shape index (κ1) is 19.0. The van der Waals surface area contributed by atoms with Crippen molar-refractivity contribution in [1.82, 2.24) is 15.1 Å². The van der Waals surface area contributed by atoms with E-state index in [4.69, 9.17) is 5.73 Å². The second kappa shape index (κ2) is 8.13. The Kier molecular flexibility index (Phi) is 6.17. The minimum Gasteiger partial charge on any atom is -0.352 e. The zero-order chi connectivity index (χ0) is 17.1. The summed E-state index contributed by atoms with van der Waals surface area (Å²) in [6, 6.07) is 7.07. The fourth-order valence-corrected chi connectivity index (χ4v) is 2.31. The van der Waals surface area contributed by atoms with Crippen LogP contribution in [0.3, 0.4) is 0 Å². The number of amides is 2. The van der Waals surface area contributed by atoms with E-state index in [0.29, 0.717) is 11.7 Å². The standard InChI is InChI=1S/C17H21N5O2.ClH/c1-11-2-4-12(5-3-11)16(18)17(24)21-14-8-19-22(9-14)10-15(23)20-13-6-7-13;/h2-5,8-9,13,16H,6-7,10,18H2,1H3,(H,20,23)(H,21,24);1H. The molecular weight excluding hydrogens is 342 g/mol. The number of carbonyl (C=O) groups excluding carboxylic acids is 2. The Morgan fingerprint density at radius 3 is 2.64 bits per heavy atom. The average Bonchev–Trinajstić information content (AvgIpc) is 3.25. The molecule has 4 N–H and O–H groups in total. The maximum absolute atomic E-state index is 12.2. The topological polar surface area (TPSA) is 102 Å². The summed E-state index contributed by atoms with van der Waals surface area (Å²) in [6.45, 7) is 2.11. The number of hydrogen-bond donors (Lipinski definition) is 3. The maximum atomic E-state index is 12.2. The van der Waals surface area contributed by atoms with Gasteiger partial charge in [-0.25, -0.2) is 0 Å². The minimum atomic E-state index is -0.757. The molecule has 0 bridgehead atoms. The van der Waals surface area contributed by atoms with E-state index in [1.165, 1.54) is 10.9 Å². The molecule has 1 aromatic carbocycles. The largest absolute Gasteiger partial charge is 0.352 e. The Balaban J connectivity index is 0.00000225. The van der Waals surface area contributed by atoms with E-state index in [2.05, 4.69) is 15.7 Å². The number of anilines is 1. The number of hydrogen-bond acceptors (Lipinski definition) is 4. The van der Waals surface area contributed by atoms with Gasteiger partial charge in [-0.05, 0) is 25.3 Å². The molecule has 1 fully saturated rings. The SMILES string of the molecule is Cc1ccc(C(N)C(=O)Nc2cnn(CC(=O)NC3CC3)c2)cc1.Cl. The van der Waals surface area contributed by atoms with Gasteiger partial charge in [0.1, 0.15) is 12.6 Å². The molecule has 3 rings (SSSR count). The summed E-state index contributed by atoms with van der Waals surface area (Å²) < 4.78 is 1.49. The molecular formula is C17H22ClN5O2. The number of benzene rings is 1. The highest BCUT2D eigenvalue weighted by molar-refractivity contribution is 5.95. The van der Waals surface area contributed by atoms with E-state index >= 15 is 0 Å². The van der Waals surface area contributed by atoms with Gasteiger partial charge in [-0.2, -0.15) is 5.10 Å². The Morgan fingerprint density at radius 2 is 2.00 bits per heavy atom. The lowest BCUT2D eigenvalue weighted by atomic mass is 10.1. The van der Waals surface area contributed by atoms with E-state index in [1.807, 2.05) is 31.2 Å². The molecule has 1 aliphatic rings. The predicted molar refractivity (Wildman–Crippen MR) is 97.4 cm³/mol. The van der Waals surface area contributed by atoms with Gasteiger partial charge < -0.3 is 16.4 Å². The van der Waals surface area contributed by atoms with Crippen LogP contribution in [-0.4, -0.2) is 27.6 Å². The molecule has 1 aromatic heterocycles. The molecule has 1 saturated carbocycles. The molecule has 1 atom stereocenters. The van der Waals surface area contributed by atoms with Crippen LogP contribution < -0.4 is 16.4 Å². The lowest BCUT2D eigenvalue weighted by molar-refractivity contribution is -0.122. The smallest absolute Gasteiger partial charge is 0.245 e. The first-order chi connectivity index (χ1) is 11.5. The van der Waals surface area contributed by atoms with Crippen molar-refractivity contribution in [1.29, 1.82) is 0 Å². The molecule has 0 radical (unpaired) electrons. The van der Waals surface area contributed by atoms with Crippen molar-refractivity contribution in [3.05, 3.63) is 47.8 Å². The van der Waals surface area contributed by atoms with E-state index in [-0.39, 0.29) is 30.8 Å². The van der Waals surface area contributed by atoms with Crippen LogP contribution in [0.25, 0.3) is 0 Å². The van der Waals surface area contributed by atoms with Crippen molar-refractivity contribution in [3.63, 3.8) is 0 Å². The second-order valence-electron chi connectivity index (χ2n) is 6.15. The third-order valence-corrected chi connectivity index (χ3v) is 3.87. The summed E-state index contributed by atoms with van der Waals surface area (Å²) in [5, 5.41) is 9.69. The van der Waals surface area contributed by atoms with Crippen LogP contribution in [0.1, 0.15) is 30.0 Å². The molecule has 1 heterocycles. The first-order valence-corrected chi connectivity index (χ1v) is 7.96. The van der Waals surface area contributed by atoms with Gasteiger partial charge in [0.15, 0.2) is 0 Å². The van der Waals surface area contributed by atoms with Crippen molar-refractivity contribution in [2.75, 3.05) is 5.32 Å². The van der Waals surface area contributed by atoms with Crippen molar-refractivity contribution in [2.45, 2.75) is 38.4 Å². The molecule has 2 amide bonds. The van der Waals surface area contributed by atoms with Crippen LogP contribution in [0, 0.1) is 6.92 Å². The lowest BCUT2D eigenvalue weighted by Crippen LogP contribution is -2.29. The van der Waals surface area contributed by atoms with Crippen LogP contribution >= 0.6 is 12.4 Å². The molecule has 0 aliphatic heterocycles. The second-order valence-corrected chi connectivity index (χ2v) is 6.15. The molecule has 0 saturated heterocycles. The summed E-state index contributed by atoms with van der Waals surface area (Å²) in [7, 11) is 0. The van der Waals surface area contributed by atoms with Crippen LogP contribution in [0.4, 0.5) is 5.69 Å². The number of nitrogens with one attached hydrogen (secondary N) is 2. The molecule has 7 nitrogen and oxygen atoms in total. The van der Waals surface area contributed by atoms with Gasteiger partial charge in [0.2, 0.25) is 11.8 Å². The third kappa shape index (κ3) is 5.30. The minimum absolute atomic E-state index is 0. The first-order valence-electron chi connectivity index (χ1n) is 7.96. The van der Waals surface area contributed by atoms with Crippen LogP contribution in [0.2, 0.25) is 0 Å². The summed E-state index contributed by atoms with van der Waals surface area (Å²) in [5.74, 6) is -0.393. The van der Waals surface area contributed by atoms with E-state index in [0.717, 1.165) is 24.0 Å². The van der Waals surface area contributed by atoms with Crippen molar-refractivity contribution in [3.8, 4) is 0 Å². The Bertz CT molecular complexity index is 740. The zero-order valence-corrected chi connectivity index (χ0v) is 14.8. The molecule has 8 heteroatoms. The fraction of sp³-hybridized carbons (Fsp3) is 0.353. The summed E-state index contributed by atoms with van der Waals surface area (Å²) in [4.78, 5) is 24.0. The molecule has 1 unspecified atom stereocenters. The van der Waals surface area contributed by atoms with Crippen LogP contribution in [0.15, 0.2) is 36.7 Å². The van der Waals surface area contributed by atoms with Crippen LogP contribution in [0.5, 0.6) is 0 Å². The van der Waals surface area contributed by atoms with E-state index in [1.54, 1.807) is 6.20 Å². The average molecular weight is 364 g/mol. The number of nitrogens with two attached hydrogens (primary N) is 1. The predicted octanol–water partition coefficient (Wildman–Crippen LogP) is 1.53. The quantitative estimate of drug-likeness (QED) is 0.724. The molecule has 0 spiro atoms. The highest BCUT2D eigenvalue weighted by Gasteiger charge is 2.23. The lowest BCUT2D eigenvalue weighted by Gasteiger charge is -2.11. The summed E-state index contributed by atoms with van der Waals surface area (Å²) in [5.41, 5.74) is 8.35. The molecule has 1 aliphatic carbocycles. The molecule has 134 valence electrons. The number of carbonyl (C=O) groups is 2. The van der Waals surface area contributed by atoms with Crippen molar-refractivity contribution >= 4 is 29.9 Å².